The summed E-state index contributed by atoms with van der Waals surface area (Å²) in [5.74, 6) is -0.712. The zero-order chi connectivity index (χ0) is 19.2. The lowest BCUT2D eigenvalue weighted by atomic mass is 10.1. The molecule has 146 valence electrons. The number of rotatable bonds is 6. The molecule has 2 N–H and O–H groups in total. The highest BCUT2D eigenvalue weighted by molar-refractivity contribution is 6.35. The summed E-state index contributed by atoms with van der Waals surface area (Å²) < 4.78 is 20.8. The van der Waals surface area contributed by atoms with E-state index in [4.69, 9.17) is 18.9 Å². The standard InChI is InChI=1S/C17H21N3O7/c1-24-6-4-18-15(21)16(22)19-9-14-20(5-7-25-14)17(23)11-2-3-12-13(8-11)27-10-26-12/h2-3,8,14H,4-7,9-10H2,1H3,(H,18,21)(H,19,22)/t14-/m0/s1. The summed E-state index contributed by atoms with van der Waals surface area (Å²) >= 11 is 0. The van der Waals surface area contributed by atoms with Gasteiger partial charge in [0, 0.05) is 25.8 Å². The average Bonchev–Trinajstić information content (AvgIpc) is 3.33. The Morgan fingerprint density at radius 3 is 2.78 bits per heavy atom. The maximum Gasteiger partial charge on any atom is 0.309 e. The van der Waals surface area contributed by atoms with E-state index in [0.29, 0.717) is 36.8 Å². The summed E-state index contributed by atoms with van der Waals surface area (Å²) in [6, 6.07) is 4.93. The van der Waals surface area contributed by atoms with E-state index in [1.54, 1.807) is 18.2 Å². The smallest absolute Gasteiger partial charge is 0.309 e. The zero-order valence-corrected chi connectivity index (χ0v) is 14.9. The molecule has 2 aliphatic rings. The predicted octanol–water partition coefficient (Wildman–Crippen LogP) is -0.907. The molecule has 10 nitrogen and oxygen atoms in total. The summed E-state index contributed by atoms with van der Waals surface area (Å²) in [4.78, 5) is 37.7. The van der Waals surface area contributed by atoms with Gasteiger partial charge in [0.15, 0.2) is 11.5 Å². The van der Waals surface area contributed by atoms with Gasteiger partial charge in [-0.15, -0.1) is 0 Å². The predicted molar refractivity (Wildman–Crippen MR) is 91.2 cm³/mol. The van der Waals surface area contributed by atoms with Crippen molar-refractivity contribution in [3.8, 4) is 11.5 Å². The Morgan fingerprint density at radius 1 is 1.19 bits per heavy atom. The Morgan fingerprint density at radius 2 is 1.96 bits per heavy atom. The van der Waals surface area contributed by atoms with Crippen LogP contribution in [0.15, 0.2) is 18.2 Å². The van der Waals surface area contributed by atoms with Gasteiger partial charge in [0.05, 0.1) is 19.8 Å². The highest BCUT2D eigenvalue weighted by Gasteiger charge is 2.31. The van der Waals surface area contributed by atoms with Gasteiger partial charge in [-0.25, -0.2) is 0 Å². The minimum absolute atomic E-state index is 0.00677. The number of nitrogens with zero attached hydrogens (tertiary/aromatic N) is 1. The topological polar surface area (TPSA) is 115 Å². The van der Waals surface area contributed by atoms with E-state index >= 15 is 0 Å². The van der Waals surface area contributed by atoms with E-state index < -0.39 is 18.0 Å². The largest absolute Gasteiger partial charge is 0.454 e. The number of carbonyl (C=O) groups excluding carboxylic acids is 3. The highest BCUT2D eigenvalue weighted by atomic mass is 16.7. The first kappa shape index (κ1) is 18.9. The quantitative estimate of drug-likeness (QED) is 0.486. The fourth-order valence-electron chi connectivity index (χ4n) is 2.73. The molecule has 0 bridgehead atoms. The van der Waals surface area contributed by atoms with Crippen LogP contribution in [-0.4, -0.2) is 75.6 Å². The van der Waals surface area contributed by atoms with Crippen LogP contribution >= 0.6 is 0 Å². The average molecular weight is 379 g/mol. The van der Waals surface area contributed by atoms with Crippen LogP contribution in [0.4, 0.5) is 0 Å². The number of nitrogens with one attached hydrogen (secondary N) is 2. The van der Waals surface area contributed by atoms with Gasteiger partial charge in [0.25, 0.3) is 5.91 Å². The van der Waals surface area contributed by atoms with Crippen molar-refractivity contribution in [2.45, 2.75) is 6.23 Å². The summed E-state index contributed by atoms with van der Waals surface area (Å²) in [6.07, 6.45) is -0.654. The summed E-state index contributed by atoms with van der Waals surface area (Å²) in [7, 11) is 1.50. The molecular weight excluding hydrogens is 358 g/mol. The third kappa shape index (κ3) is 4.47. The molecule has 10 heteroatoms. The summed E-state index contributed by atoms with van der Waals surface area (Å²) in [5, 5.41) is 4.89. The maximum atomic E-state index is 12.8. The molecule has 0 aromatic heterocycles. The van der Waals surface area contributed by atoms with E-state index in [-0.39, 0.29) is 25.8 Å². The molecule has 2 heterocycles. The van der Waals surface area contributed by atoms with Crippen LogP contribution in [-0.2, 0) is 19.1 Å². The van der Waals surface area contributed by atoms with Crippen LogP contribution in [0.5, 0.6) is 11.5 Å². The Bertz CT molecular complexity index is 724. The first-order valence-corrected chi connectivity index (χ1v) is 8.47. The fraction of sp³-hybridized carbons (Fsp3) is 0.471. The van der Waals surface area contributed by atoms with Crippen molar-refractivity contribution in [3.05, 3.63) is 23.8 Å². The molecule has 1 fully saturated rings. The molecule has 1 atom stereocenters. The summed E-state index contributed by atoms with van der Waals surface area (Å²) in [5.41, 5.74) is 0.429. The van der Waals surface area contributed by atoms with Gasteiger partial charge in [-0.2, -0.15) is 0 Å². The molecule has 1 saturated heterocycles. The van der Waals surface area contributed by atoms with Gasteiger partial charge in [0.2, 0.25) is 6.79 Å². The molecule has 0 aliphatic carbocycles. The molecule has 3 rings (SSSR count). The van der Waals surface area contributed by atoms with Gasteiger partial charge in [0.1, 0.15) is 6.23 Å². The summed E-state index contributed by atoms with van der Waals surface area (Å²) in [6.45, 7) is 1.40. The number of hydrogen-bond acceptors (Lipinski definition) is 7. The van der Waals surface area contributed by atoms with E-state index in [0.717, 1.165) is 0 Å². The van der Waals surface area contributed by atoms with Gasteiger partial charge in [-0.1, -0.05) is 0 Å². The fourth-order valence-corrected chi connectivity index (χ4v) is 2.73. The van der Waals surface area contributed by atoms with E-state index in [1.807, 2.05) is 0 Å². The Hall–Kier alpha value is -2.85. The van der Waals surface area contributed by atoms with Crippen molar-refractivity contribution >= 4 is 17.7 Å². The van der Waals surface area contributed by atoms with Crippen molar-refractivity contribution < 1.29 is 33.3 Å². The number of hydrogen-bond donors (Lipinski definition) is 2. The molecule has 1 aromatic carbocycles. The van der Waals surface area contributed by atoms with Gasteiger partial charge in [-0.3, -0.25) is 14.4 Å². The van der Waals surface area contributed by atoms with Gasteiger partial charge >= 0.3 is 11.8 Å². The first-order valence-electron chi connectivity index (χ1n) is 8.47. The molecule has 0 unspecified atom stereocenters. The molecule has 27 heavy (non-hydrogen) atoms. The molecular formula is C17H21N3O7. The van der Waals surface area contributed by atoms with Gasteiger partial charge < -0.3 is 34.5 Å². The van der Waals surface area contributed by atoms with Crippen molar-refractivity contribution in [1.82, 2.24) is 15.5 Å². The van der Waals surface area contributed by atoms with E-state index in [2.05, 4.69) is 10.6 Å². The number of carbonyl (C=O) groups is 3. The number of methoxy groups -OCH3 is 1. The van der Waals surface area contributed by atoms with Crippen LogP contribution in [0.2, 0.25) is 0 Å². The van der Waals surface area contributed by atoms with Crippen LogP contribution < -0.4 is 20.1 Å². The monoisotopic (exact) mass is 379 g/mol. The van der Waals surface area contributed by atoms with Crippen LogP contribution in [0.25, 0.3) is 0 Å². The van der Waals surface area contributed by atoms with Gasteiger partial charge in [-0.05, 0) is 18.2 Å². The second-order valence-corrected chi connectivity index (χ2v) is 5.85. The Labute approximate surface area is 155 Å². The number of ether oxygens (including phenoxy) is 4. The molecule has 0 radical (unpaired) electrons. The highest BCUT2D eigenvalue weighted by Crippen LogP contribution is 2.33. The SMILES string of the molecule is COCCNC(=O)C(=O)NC[C@@H]1OCCN1C(=O)c1ccc2c(c1)OCO2. The van der Waals surface area contributed by atoms with E-state index in [1.165, 1.54) is 12.0 Å². The maximum absolute atomic E-state index is 12.8. The molecule has 0 saturated carbocycles. The Kier molecular flexibility index (Phi) is 6.09. The number of fused-ring (bicyclic) bond motifs is 1. The van der Waals surface area contributed by atoms with Crippen LogP contribution in [0.1, 0.15) is 10.4 Å². The molecule has 1 aromatic rings. The third-order valence-corrected chi connectivity index (χ3v) is 4.11. The minimum Gasteiger partial charge on any atom is -0.454 e. The first-order chi connectivity index (χ1) is 13.1. The van der Waals surface area contributed by atoms with E-state index in [9.17, 15) is 14.4 Å². The second-order valence-electron chi connectivity index (χ2n) is 5.85. The Balaban J connectivity index is 1.54. The van der Waals surface area contributed by atoms with Crippen LogP contribution in [0.3, 0.4) is 0 Å². The van der Waals surface area contributed by atoms with Crippen LogP contribution in [0, 0.1) is 0 Å². The third-order valence-electron chi connectivity index (χ3n) is 4.11. The van der Waals surface area contributed by atoms with Crippen molar-refractivity contribution in [1.29, 1.82) is 0 Å². The molecule has 2 aliphatic heterocycles. The number of amides is 3. The van der Waals surface area contributed by atoms with Crippen molar-refractivity contribution in [2.75, 3.05) is 46.8 Å². The second kappa shape index (κ2) is 8.69. The normalized spacial score (nSPS) is 17.7. The molecule has 0 spiro atoms. The van der Waals surface area contributed by atoms with Crippen molar-refractivity contribution in [3.63, 3.8) is 0 Å². The lowest BCUT2D eigenvalue weighted by Crippen LogP contribution is -2.47. The minimum atomic E-state index is -0.794. The lowest BCUT2D eigenvalue weighted by Gasteiger charge is -2.23. The lowest BCUT2D eigenvalue weighted by molar-refractivity contribution is -0.139. The van der Waals surface area contributed by atoms with Crippen molar-refractivity contribution in [2.24, 2.45) is 0 Å². The molecule has 3 amide bonds. The zero-order valence-electron chi connectivity index (χ0n) is 14.9. The number of benzene rings is 1.